The summed E-state index contributed by atoms with van der Waals surface area (Å²) in [6.07, 6.45) is 14.6. The quantitative estimate of drug-likeness (QED) is 0.00679. The van der Waals surface area contributed by atoms with Gasteiger partial charge < -0.3 is 15.3 Å². The molecule has 10 rings (SSSR count). The molecule has 5 unspecified atom stereocenters. The van der Waals surface area contributed by atoms with Crippen LogP contribution < -0.4 is 31.5 Å². The van der Waals surface area contributed by atoms with Crippen LogP contribution in [-0.2, 0) is 58.2 Å². The van der Waals surface area contributed by atoms with Crippen LogP contribution in [0.5, 0.6) is 17.6 Å². The number of aromatic nitrogens is 3. The molecule has 1 aliphatic rings. The standard InChI is InChI=1S/C49H55N7O10S2.C48H56N10O8S2/c1-8-12-17-33(10-3)29-65-67(61,62)39-23-15-20-36(26-39)52-54-43-31(5)41(28-50)46(57)42(47(43)58)35-19-14-22-38(25-35)56-48(59)44(51-7)32(6)45(49(56)60)55-53-37-21-16-24-40(27-37)68(63,64)66-30-34(11-4)18-13-9-2;1-8-12-14-33(10-3)29-51-67(63,64)39-24-16-35(17-25-39)53-55-43-31(5)41(28-49)45(59)57(47(43)61)37-20-22-38(23-21-37)58-46(60)42(50-7)32(6)44(48(58)62)56-54-36-18-26-40(27-19-36)68(65,66)52-30-34(11-4)15-13-9-2/h14-16,19-27,33-34,42,52,59H,8-13,17-18,29-30H2,1-6H3;16-27,33-34,51-52,61-62H,8-15,29-30H2,1-6H3. The Labute approximate surface area is 792 Å². The zero-order valence-corrected chi connectivity index (χ0v) is 81.0. The molecule has 0 aliphatic heterocycles. The third kappa shape index (κ3) is 25.8. The molecule has 5 atom stereocenters. The SMILES string of the molecule is [C-]#[N+]c1c(C)c(N=Nc2ccc(S(=O)(=O)NCC(CC)CCCC)cc2)c(O)n(-c2ccc(-n3c(O)c(N=Nc4ccc(S(=O)(=O)NCC(CC)CCCC)cc4)c(C)c(C#N)c3=O)cc2)c1=O.[C-]#[N+]c1c(C)c(N=Nc2cccc(S(=O)(=O)OCC(CC)CCCC)c2)c(=O)n(-c2cccc(C3C(=O)C(=NNc4cccc(S(=O)(=O)OCC(CC)CCCC)c4)C(C)=C(C#N)C3=O)c2)c1O. The molecule has 6 N–H and O–H groups in total. The molecule has 136 heavy (non-hydrogen) atoms. The maximum absolute atomic E-state index is 14.2. The monoisotopic (exact) mass is 1930 g/mol. The summed E-state index contributed by atoms with van der Waals surface area (Å²) < 4.78 is 123. The number of hydrazone groups is 1. The van der Waals surface area contributed by atoms with Gasteiger partial charge in [0.25, 0.3) is 48.3 Å². The van der Waals surface area contributed by atoms with Crippen molar-refractivity contribution in [3.8, 4) is 46.8 Å². The van der Waals surface area contributed by atoms with Crippen molar-refractivity contribution in [3.63, 3.8) is 0 Å². The number of hydrogen-bond donors (Lipinski definition) is 6. The van der Waals surface area contributed by atoms with E-state index in [1.54, 1.807) is 0 Å². The number of unbranched alkanes of at least 4 members (excludes halogenated alkanes) is 4. The van der Waals surface area contributed by atoms with Crippen LogP contribution in [-0.4, -0.2) is 106 Å². The normalized spacial score (nSPS) is 14.4. The van der Waals surface area contributed by atoms with Gasteiger partial charge in [0, 0.05) is 24.2 Å². The third-order valence-corrected chi connectivity index (χ3v) is 28.9. The Morgan fingerprint density at radius 2 is 0.868 bits per heavy atom. The number of nitrogens with one attached hydrogen (secondary N) is 3. The number of aromatic hydroxyl groups is 3. The zero-order valence-electron chi connectivity index (χ0n) is 77.7. The number of carbonyl (C=O) groups is 2. The lowest BCUT2D eigenvalue weighted by Crippen LogP contribution is -2.36. The molecule has 3 aromatic heterocycles. The number of rotatable bonds is 44. The first kappa shape index (κ1) is 106. The van der Waals surface area contributed by atoms with Crippen LogP contribution in [0.1, 0.15) is 199 Å². The Morgan fingerprint density at radius 1 is 0.441 bits per heavy atom. The minimum Gasteiger partial charge on any atom is -0.502 e. The Bertz CT molecular complexity index is 6740. The Morgan fingerprint density at radius 3 is 1.33 bits per heavy atom. The van der Waals surface area contributed by atoms with Crippen LogP contribution in [0.3, 0.4) is 0 Å². The highest BCUT2D eigenvalue weighted by Crippen LogP contribution is 2.42. The van der Waals surface area contributed by atoms with Crippen LogP contribution in [0.25, 0.3) is 26.8 Å². The average molecular weight is 1930 g/mol. The average Bonchev–Trinajstić information content (AvgIpc) is 0.743. The molecule has 716 valence electrons. The molecule has 0 spiro atoms. The number of hydrogen-bond acceptors (Lipinski definition) is 28. The molecule has 39 heteroatoms. The van der Waals surface area contributed by atoms with Gasteiger partial charge in [-0.2, -0.15) is 47.8 Å². The van der Waals surface area contributed by atoms with Gasteiger partial charge in [0.1, 0.15) is 46.3 Å². The Kier molecular flexibility index (Phi) is 38.0. The number of nitriles is 2. The Balaban J connectivity index is 0.000000305. The Hall–Kier alpha value is -13.5. The summed E-state index contributed by atoms with van der Waals surface area (Å²) in [5.74, 6) is -4.90. The maximum Gasteiger partial charge on any atom is 0.297 e. The predicted molar refractivity (Wildman–Crippen MR) is 516 cm³/mol. The van der Waals surface area contributed by atoms with Gasteiger partial charge in [-0.1, -0.05) is 157 Å². The second-order valence-electron chi connectivity index (χ2n) is 32.6. The summed E-state index contributed by atoms with van der Waals surface area (Å²) in [6, 6.07) is 36.8. The minimum absolute atomic E-state index is 0.00953. The second kappa shape index (κ2) is 48.6. The predicted octanol–water partition coefficient (Wildman–Crippen LogP) is 20.5. The highest BCUT2D eigenvalue weighted by atomic mass is 32.2. The molecule has 0 amide bonds. The summed E-state index contributed by atoms with van der Waals surface area (Å²) in [5.41, 5.74) is -1.96. The summed E-state index contributed by atoms with van der Waals surface area (Å²) in [6.45, 7) is 38.1. The first-order chi connectivity index (χ1) is 64.9. The van der Waals surface area contributed by atoms with Crippen LogP contribution >= 0.6 is 0 Å². The van der Waals surface area contributed by atoms with Crippen molar-refractivity contribution in [2.75, 3.05) is 31.7 Å². The fourth-order valence-electron chi connectivity index (χ4n) is 14.9. The number of sulfonamides is 2. The molecule has 0 fully saturated rings. The van der Waals surface area contributed by atoms with Crippen molar-refractivity contribution < 1.29 is 66.9 Å². The van der Waals surface area contributed by atoms with Gasteiger partial charge in [0.2, 0.25) is 37.7 Å². The topological polar surface area (TPSA) is 495 Å². The van der Waals surface area contributed by atoms with E-state index < -0.39 is 92.1 Å². The molecule has 0 saturated carbocycles. The van der Waals surface area contributed by atoms with Gasteiger partial charge >= 0.3 is 0 Å². The van der Waals surface area contributed by atoms with E-state index in [2.05, 4.69) is 88.0 Å². The minimum atomic E-state index is -4.18. The molecular formula is C97H111N17O18S4. The van der Waals surface area contributed by atoms with Crippen molar-refractivity contribution in [2.45, 2.75) is 211 Å². The number of benzene rings is 6. The molecule has 1 aliphatic carbocycles. The van der Waals surface area contributed by atoms with Gasteiger partial charge in [-0.15, -0.1) is 15.3 Å². The van der Waals surface area contributed by atoms with Crippen LogP contribution in [0, 0.1) is 80.2 Å². The fraction of sp³-hybridized carbons (Fsp3) is 0.381. The van der Waals surface area contributed by atoms with Crippen LogP contribution in [0.2, 0.25) is 0 Å². The zero-order chi connectivity index (χ0) is 99.5. The van der Waals surface area contributed by atoms with E-state index in [4.69, 9.17) is 21.5 Å². The number of anilines is 1. The lowest BCUT2D eigenvalue weighted by atomic mass is 9.77. The van der Waals surface area contributed by atoms with Crippen LogP contribution in [0.4, 0.5) is 51.2 Å². The van der Waals surface area contributed by atoms with Crippen molar-refractivity contribution in [3.05, 3.63) is 238 Å². The molecule has 6 aromatic carbocycles. The van der Waals surface area contributed by atoms with E-state index in [1.165, 1.54) is 173 Å². The number of Topliss-reactive ketones (excluding diaryl/α,β-unsaturated/α-hetero) is 2. The van der Waals surface area contributed by atoms with E-state index in [0.29, 0.717) is 13.1 Å². The second-order valence-corrected chi connectivity index (χ2v) is 39.4. The third-order valence-electron chi connectivity index (χ3n) is 23.5. The summed E-state index contributed by atoms with van der Waals surface area (Å²) >= 11 is 0. The molecule has 35 nitrogen and oxygen atoms in total. The van der Waals surface area contributed by atoms with Gasteiger partial charge in [-0.3, -0.25) is 46.9 Å². The number of ketones is 2. The van der Waals surface area contributed by atoms with Crippen molar-refractivity contribution in [1.82, 2.24) is 23.1 Å². The lowest BCUT2D eigenvalue weighted by molar-refractivity contribution is -0.124. The lowest BCUT2D eigenvalue weighted by Gasteiger charge is -2.23. The summed E-state index contributed by atoms with van der Waals surface area (Å²) in [5, 5.41) is 83.4. The van der Waals surface area contributed by atoms with Gasteiger partial charge in [-0.05, 0) is 215 Å². The fourth-order valence-corrected chi connectivity index (χ4v) is 19.1. The molecule has 9 aromatic rings. The van der Waals surface area contributed by atoms with E-state index in [1.807, 2.05) is 39.8 Å². The molecule has 0 radical (unpaired) electrons. The number of nitrogens with zero attached hydrogens (tertiary/aromatic N) is 14. The smallest absolute Gasteiger partial charge is 0.297 e. The highest BCUT2D eigenvalue weighted by molar-refractivity contribution is 7.90. The molecule has 0 saturated heterocycles. The molecular weight excluding hydrogens is 1820 g/mol. The largest absolute Gasteiger partial charge is 0.502 e. The number of carbonyl (C=O) groups excluding carboxylic acids is 2. The summed E-state index contributed by atoms with van der Waals surface area (Å²) in [4.78, 5) is 76.0. The molecule has 0 bridgehead atoms. The van der Waals surface area contributed by atoms with Gasteiger partial charge in [0.15, 0.2) is 17.3 Å². The van der Waals surface area contributed by atoms with Gasteiger partial charge in [-0.25, -0.2) is 40.5 Å². The highest BCUT2D eigenvalue weighted by Gasteiger charge is 2.41. The van der Waals surface area contributed by atoms with E-state index in [0.717, 1.165) is 116 Å². The first-order valence-corrected chi connectivity index (χ1v) is 50.5. The van der Waals surface area contributed by atoms with E-state index >= 15 is 0 Å². The number of allylic oxidation sites excluding steroid dienone is 2. The molecule has 3 heterocycles. The van der Waals surface area contributed by atoms with E-state index in [-0.39, 0.29) is 169 Å². The maximum atomic E-state index is 14.2. The van der Waals surface area contributed by atoms with Crippen LogP contribution in [0.15, 0.2) is 226 Å². The first-order valence-electron chi connectivity index (χ1n) is 44.7. The number of azo groups is 3. The van der Waals surface area contributed by atoms with E-state index in [9.17, 15) is 83.5 Å². The summed E-state index contributed by atoms with van der Waals surface area (Å²) in [7, 11) is -15.9. The van der Waals surface area contributed by atoms with Crippen molar-refractivity contribution >= 4 is 109 Å². The number of pyridine rings is 3. The van der Waals surface area contributed by atoms with Gasteiger partial charge in [0.05, 0.1) is 85.8 Å². The van der Waals surface area contributed by atoms with Crippen molar-refractivity contribution in [2.24, 2.45) is 59.5 Å². The van der Waals surface area contributed by atoms with Crippen molar-refractivity contribution in [1.29, 1.82) is 10.5 Å².